The zero-order valence-electron chi connectivity index (χ0n) is 15.1. The Hall–Kier alpha value is -2.37. The van der Waals surface area contributed by atoms with Gasteiger partial charge in [0.15, 0.2) is 6.29 Å². The van der Waals surface area contributed by atoms with Gasteiger partial charge in [0.2, 0.25) is 5.91 Å². The van der Waals surface area contributed by atoms with Crippen molar-refractivity contribution in [2.24, 2.45) is 0 Å². The van der Waals surface area contributed by atoms with E-state index in [-0.39, 0.29) is 13.2 Å². The van der Waals surface area contributed by atoms with Gasteiger partial charge in [0.05, 0.1) is 30.9 Å². The zero-order chi connectivity index (χ0) is 20.4. The lowest BCUT2D eigenvalue weighted by molar-refractivity contribution is -0.270. The monoisotopic (exact) mass is 394 g/mol. The summed E-state index contributed by atoms with van der Waals surface area (Å²) < 4.78 is 11.0. The molecule has 1 aromatic carbocycles. The maximum Gasteiger partial charge on any atom is 0.261 e. The van der Waals surface area contributed by atoms with E-state index in [0.717, 1.165) is 4.90 Å². The number of nitrogens with one attached hydrogen (secondary N) is 1. The predicted molar refractivity (Wildman–Crippen MR) is 93.1 cm³/mol. The molecule has 3 amide bonds. The standard InChI is InChI=1S/C18H22N2O8/c1-9(22)19-13-15(24)14(23)12(8-21)28-18(13)27-7-6-20-16(25)10-4-2-3-5-11(10)17(20)26/h2-5,12-15,18,21,23-24H,6-8H2,1H3,(H,19,22)/t12-,13-,14+,15-,18-/m0/s1. The van der Waals surface area contributed by atoms with E-state index in [9.17, 15) is 29.7 Å². The third kappa shape index (κ3) is 3.77. The number of hydrogen-bond donors (Lipinski definition) is 4. The summed E-state index contributed by atoms with van der Waals surface area (Å²) in [4.78, 5) is 37.1. The Morgan fingerprint density at radius 3 is 2.32 bits per heavy atom. The van der Waals surface area contributed by atoms with Crippen LogP contribution < -0.4 is 5.32 Å². The summed E-state index contributed by atoms with van der Waals surface area (Å²) in [5.74, 6) is -1.34. The summed E-state index contributed by atoms with van der Waals surface area (Å²) in [6.45, 7) is 0.463. The van der Waals surface area contributed by atoms with Gasteiger partial charge in [0.1, 0.15) is 24.4 Å². The lowest BCUT2D eigenvalue weighted by atomic mass is 9.97. The summed E-state index contributed by atoms with van der Waals surface area (Å²) in [5.41, 5.74) is 0.632. The number of benzene rings is 1. The number of rotatable bonds is 6. The second-order valence-corrected chi connectivity index (χ2v) is 6.61. The van der Waals surface area contributed by atoms with Crippen LogP contribution >= 0.6 is 0 Å². The molecule has 3 rings (SSSR count). The van der Waals surface area contributed by atoms with Crippen LogP contribution in [0.3, 0.4) is 0 Å². The highest BCUT2D eigenvalue weighted by Gasteiger charge is 2.45. The van der Waals surface area contributed by atoms with Crippen LogP contribution in [0, 0.1) is 0 Å². The van der Waals surface area contributed by atoms with E-state index in [4.69, 9.17) is 9.47 Å². The molecule has 0 radical (unpaired) electrons. The molecule has 10 nitrogen and oxygen atoms in total. The molecule has 152 valence electrons. The van der Waals surface area contributed by atoms with Crippen molar-refractivity contribution in [3.8, 4) is 0 Å². The van der Waals surface area contributed by atoms with Crippen LogP contribution in [-0.4, -0.2) is 88.3 Å². The average Bonchev–Trinajstić information content (AvgIpc) is 2.92. The quantitative estimate of drug-likeness (QED) is 0.415. The molecular weight excluding hydrogens is 372 g/mol. The number of carbonyl (C=O) groups excluding carboxylic acids is 3. The second-order valence-electron chi connectivity index (χ2n) is 6.61. The zero-order valence-corrected chi connectivity index (χ0v) is 15.1. The molecule has 0 aliphatic carbocycles. The van der Waals surface area contributed by atoms with E-state index in [2.05, 4.69) is 5.32 Å². The molecular formula is C18H22N2O8. The number of hydrogen-bond acceptors (Lipinski definition) is 8. The van der Waals surface area contributed by atoms with Crippen molar-refractivity contribution in [3.05, 3.63) is 35.4 Å². The molecule has 4 N–H and O–H groups in total. The van der Waals surface area contributed by atoms with Crippen LogP contribution in [0.5, 0.6) is 0 Å². The van der Waals surface area contributed by atoms with Crippen molar-refractivity contribution < 1.29 is 39.2 Å². The van der Waals surface area contributed by atoms with Gasteiger partial charge in [0, 0.05) is 6.92 Å². The highest BCUT2D eigenvalue weighted by Crippen LogP contribution is 2.24. The van der Waals surface area contributed by atoms with Gasteiger partial charge in [-0.15, -0.1) is 0 Å². The van der Waals surface area contributed by atoms with Gasteiger partial charge in [-0.1, -0.05) is 12.1 Å². The van der Waals surface area contributed by atoms with Crippen LogP contribution in [0.1, 0.15) is 27.6 Å². The number of carbonyl (C=O) groups is 3. The summed E-state index contributed by atoms with van der Waals surface area (Å²) >= 11 is 0. The van der Waals surface area contributed by atoms with Crippen molar-refractivity contribution in [1.29, 1.82) is 0 Å². The second kappa shape index (κ2) is 8.33. The van der Waals surface area contributed by atoms with Gasteiger partial charge >= 0.3 is 0 Å². The first-order valence-corrected chi connectivity index (χ1v) is 8.81. The van der Waals surface area contributed by atoms with E-state index in [1.54, 1.807) is 24.3 Å². The third-order valence-corrected chi connectivity index (χ3v) is 4.73. The first-order chi connectivity index (χ1) is 13.3. The van der Waals surface area contributed by atoms with Gasteiger partial charge in [-0.05, 0) is 12.1 Å². The minimum atomic E-state index is -1.43. The average molecular weight is 394 g/mol. The fourth-order valence-corrected chi connectivity index (χ4v) is 3.32. The Morgan fingerprint density at radius 1 is 1.18 bits per heavy atom. The minimum absolute atomic E-state index is 0.0680. The maximum absolute atomic E-state index is 12.3. The number of ether oxygens (including phenoxy) is 2. The van der Waals surface area contributed by atoms with E-state index >= 15 is 0 Å². The molecule has 0 spiro atoms. The van der Waals surface area contributed by atoms with Crippen LogP contribution in [0.4, 0.5) is 0 Å². The van der Waals surface area contributed by atoms with Gasteiger partial charge in [-0.3, -0.25) is 19.3 Å². The molecule has 28 heavy (non-hydrogen) atoms. The molecule has 2 heterocycles. The molecule has 0 saturated carbocycles. The predicted octanol–water partition coefficient (Wildman–Crippen LogP) is -1.76. The SMILES string of the molecule is CC(=O)N[C@@H]1[C@@H](OCCN2C(=O)c3ccccc3C2=O)O[C@@H](CO)[C@@H](O)[C@H]1O. The number of aliphatic hydroxyl groups excluding tert-OH is 3. The lowest BCUT2D eigenvalue weighted by Gasteiger charge is -2.42. The van der Waals surface area contributed by atoms with Gasteiger partial charge in [-0.25, -0.2) is 0 Å². The normalized spacial score (nSPS) is 29.7. The van der Waals surface area contributed by atoms with Crippen LogP contribution in [0.2, 0.25) is 0 Å². The Labute approximate surface area is 160 Å². The topological polar surface area (TPSA) is 146 Å². The molecule has 2 aliphatic rings. The number of nitrogens with zero attached hydrogens (tertiary/aromatic N) is 1. The minimum Gasteiger partial charge on any atom is -0.394 e. The highest BCUT2D eigenvalue weighted by molar-refractivity contribution is 6.21. The smallest absolute Gasteiger partial charge is 0.261 e. The summed E-state index contributed by atoms with van der Waals surface area (Å²) in [7, 11) is 0. The first-order valence-electron chi connectivity index (χ1n) is 8.81. The molecule has 1 saturated heterocycles. The molecule has 1 aromatic rings. The maximum atomic E-state index is 12.3. The summed E-state index contributed by atoms with van der Waals surface area (Å²) in [5, 5.41) is 31.9. The van der Waals surface area contributed by atoms with Crippen LogP contribution in [-0.2, 0) is 14.3 Å². The van der Waals surface area contributed by atoms with E-state index < -0.39 is 55.0 Å². The van der Waals surface area contributed by atoms with Gasteiger partial charge in [-0.2, -0.15) is 0 Å². The molecule has 5 atom stereocenters. The first kappa shape index (κ1) is 20.4. The van der Waals surface area contributed by atoms with Crippen molar-refractivity contribution in [2.75, 3.05) is 19.8 Å². The Morgan fingerprint density at radius 2 is 1.79 bits per heavy atom. The van der Waals surface area contributed by atoms with E-state index in [1.807, 2.05) is 0 Å². The summed E-state index contributed by atoms with van der Waals surface area (Å²) in [6.07, 6.45) is -5.14. The van der Waals surface area contributed by atoms with Crippen molar-refractivity contribution >= 4 is 17.7 Å². The number of aliphatic hydroxyl groups is 3. The highest BCUT2D eigenvalue weighted by atomic mass is 16.7. The number of fused-ring (bicyclic) bond motifs is 1. The Balaban J connectivity index is 1.64. The van der Waals surface area contributed by atoms with Gasteiger partial charge in [0.25, 0.3) is 11.8 Å². The van der Waals surface area contributed by atoms with E-state index in [0.29, 0.717) is 11.1 Å². The largest absolute Gasteiger partial charge is 0.394 e. The van der Waals surface area contributed by atoms with Crippen molar-refractivity contribution in [1.82, 2.24) is 10.2 Å². The fraction of sp³-hybridized carbons (Fsp3) is 0.500. The molecule has 10 heteroatoms. The van der Waals surface area contributed by atoms with Crippen LogP contribution in [0.15, 0.2) is 24.3 Å². The van der Waals surface area contributed by atoms with Crippen LogP contribution in [0.25, 0.3) is 0 Å². The Kier molecular flexibility index (Phi) is 6.06. The van der Waals surface area contributed by atoms with Gasteiger partial charge < -0.3 is 30.1 Å². The number of imide groups is 1. The molecule has 0 aromatic heterocycles. The molecule has 0 unspecified atom stereocenters. The fourth-order valence-electron chi connectivity index (χ4n) is 3.32. The Bertz CT molecular complexity index is 735. The summed E-state index contributed by atoms with van der Waals surface area (Å²) in [6, 6.07) is 5.38. The van der Waals surface area contributed by atoms with Crippen molar-refractivity contribution in [2.45, 2.75) is 37.6 Å². The molecule has 0 bridgehead atoms. The van der Waals surface area contributed by atoms with E-state index in [1.165, 1.54) is 6.92 Å². The number of amides is 3. The van der Waals surface area contributed by atoms with Crippen molar-refractivity contribution in [3.63, 3.8) is 0 Å². The third-order valence-electron chi connectivity index (χ3n) is 4.73. The lowest BCUT2D eigenvalue weighted by Crippen LogP contribution is -2.64. The molecule has 2 aliphatic heterocycles. The molecule has 1 fully saturated rings.